The number of fused-ring (bicyclic) bond motifs is 4. The van der Waals surface area contributed by atoms with Gasteiger partial charge in [-0.1, -0.05) is 6.07 Å². The van der Waals surface area contributed by atoms with E-state index in [0.29, 0.717) is 22.4 Å². The lowest BCUT2D eigenvalue weighted by atomic mass is 10.0. The number of halogens is 2. The van der Waals surface area contributed by atoms with Crippen molar-refractivity contribution in [1.29, 1.82) is 0 Å². The number of hydrogen-bond acceptors (Lipinski definition) is 6. The van der Waals surface area contributed by atoms with E-state index in [2.05, 4.69) is 49.3 Å². The summed E-state index contributed by atoms with van der Waals surface area (Å²) in [6, 6.07) is 7.07. The van der Waals surface area contributed by atoms with Crippen LogP contribution in [0.5, 0.6) is 0 Å². The third-order valence-corrected chi connectivity index (χ3v) is 6.70. The number of nitrogens with one attached hydrogen (secondary N) is 3. The SMILES string of the molecule is CC1(C)CCc2nc3c(F)cc(C4=C(F)C=NC(Nc5ccc6c(n5)CCNC6)N4)cc3n21. The zero-order valence-corrected chi connectivity index (χ0v) is 18.5. The van der Waals surface area contributed by atoms with E-state index in [9.17, 15) is 4.39 Å². The monoisotopic (exact) mass is 449 g/mol. The van der Waals surface area contributed by atoms with E-state index in [4.69, 9.17) is 0 Å². The lowest BCUT2D eigenvalue weighted by Gasteiger charge is -2.25. The zero-order chi connectivity index (χ0) is 22.7. The van der Waals surface area contributed by atoms with Crippen LogP contribution in [0.2, 0.25) is 0 Å². The second-order valence-corrected chi connectivity index (χ2v) is 9.42. The highest BCUT2D eigenvalue weighted by Crippen LogP contribution is 2.37. The maximum atomic E-state index is 15.0. The molecule has 0 fully saturated rings. The van der Waals surface area contributed by atoms with Gasteiger partial charge in [-0.15, -0.1) is 0 Å². The Morgan fingerprint density at radius 3 is 2.91 bits per heavy atom. The van der Waals surface area contributed by atoms with Crippen LogP contribution in [0.25, 0.3) is 16.7 Å². The third-order valence-electron chi connectivity index (χ3n) is 6.70. The molecule has 3 N–H and O–H groups in total. The van der Waals surface area contributed by atoms with Crippen molar-refractivity contribution in [3.63, 3.8) is 0 Å². The average molecular weight is 450 g/mol. The quantitative estimate of drug-likeness (QED) is 0.570. The molecule has 33 heavy (non-hydrogen) atoms. The Labute approximate surface area is 190 Å². The van der Waals surface area contributed by atoms with Crippen molar-refractivity contribution in [2.24, 2.45) is 4.99 Å². The van der Waals surface area contributed by atoms with E-state index < -0.39 is 17.9 Å². The highest BCUT2D eigenvalue weighted by molar-refractivity contribution is 5.92. The molecule has 0 radical (unpaired) electrons. The Kier molecular flexibility index (Phi) is 4.52. The van der Waals surface area contributed by atoms with Crippen LogP contribution in [0.15, 0.2) is 35.1 Å². The van der Waals surface area contributed by atoms with Gasteiger partial charge in [0.05, 0.1) is 17.4 Å². The molecule has 3 aromatic rings. The van der Waals surface area contributed by atoms with Gasteiger partial charge in [0, 0.05) is 42.7 Å². The maximum Gasteiger partial charge on any atom is 0.195 e. The lowest BCUT2D eigenvalue weighted by molar-refractivity contribution is 0.386. The number of nitrogens with zero attached hydrogens (tertiary/aromatic N) is 4. The van der Waals surface area contributed by atoms with Gasteiger partial charge in [-0.05, 0) is 44.0 Å². The summed E-state index contributed by atoms with van der Waals surface area (Å²) in [6.07, 6.45) is 3.14. The molecule has 170 valence electrons. The van der Waals surface area contributed by atoms with E-state index in [0.717, 1.165) is 43.9 Å². The fourth-order valence-electron chi connectivity index (χ4n) is 5.00. The van der Waals surface area contributed by atoms with Crippen LogP contribution in [0.3, 0.4) is 0 Å². The van der Waals surface area contributed by atoms with Crippen molar-refractivity contribution in [2.75, 3.05) is 11.9 Å². The number of aliphatic imine (C=N–C) groups is 1. The van der Waals surface area contributed by atoms with Crippen LogP contribution in [0.4, 0.5) is 14.6 Å². The van der Waals surface area contributed by atoms with Crippen molar-refractivity contribution < 1.29 is 8.78 Å². The minimum atomic E-state index is -0.627. The number of imidazole rings is 1. The molecule has 0 spiro atoms. The van der Waals surface area contributed by atoms with Crippen LogP contribution < -0.4 is 16.0 Å². The largest absolute Gasteiger partial charge is 0.344 e. The van der Waals surface area contributed by atoms with Crippen molar-refractivity contribution in [3.05, 3.63) is 58.6 Å². The summed E-state index contributed by atoms with van der Waals surface area (Å²) in [6.45, 7) is 5.93. The first-order chi connectivity index (χ1) is 15.9. The molecule has 1 unspecified atom stereocenters. The number of rotatable bonds is 3. The smallest absolute Gasteiger partial charge is 0.195 e. The van der Waals surface area contributed by atoms with Crippen molar-refractivity contribution >= 4 is 28.8 Å². The molecule has 0 amide bonds. The Bertz CT molecular complexity index is 1340. The first-order valence-electron chi connectivity index (χ1n) is 11.3. The van der Waals surface area contributed by atoms with Crippen molar-refractivity contribution in [2.45, 2.75) is 51.5 Å². The number of aryl methyl sites for hydroxylation is 1. The fraction of sp³-hybridized carbons (Fsp3) is 0.375. The molecule has 3 aliphatic heterocycles. The molecule has 0 saturated heterocycles. The summed E-state index contributed by atoms with van der Waals surface area (Å²) in [5.41, 5.74) is 3.68. The zero-order valence-electron chi connectivity index (χ0n) is 18.5. The number of anilines is 1. The van der Waals surface area contributed by atoms with Crippen molar-refractivity contribution in [3.8, 4) is 0 Å². The summed E-state index contributed by atoms with van der Waals surface area (Å²) in [7, 11) is 0. The molecule has 3 aliphatic rings. The highest BCUT2D eigenvalue weighted by Gasteiger charge is 2.33. The van der Waals surface area contributed by atoms with Crippen LogP contribution in [0.1, 0.15) is 42.9 Å². The summed E-state index contributed by atoms with van der Waals surface area (Å²) >= 11 is 0. The predicted molar refractivity (Wildman–Crippen MR) is 124 cm³/mol. The van der Waals surface area contributed by atoms with Gasteiger partial charge in [0.1, 0.15) is 17.2 Å². The topological polar surface area (TPSA) is 79.2 Å². The lowest BCUT2D eigenvalue weighted by Crippen LogP contribution is -2.37. The van der Waals surface area contributed by atoms with Crippen LogP contribution >= 0.6 is 0 Å². The Hall–Kier alpha value is -3.33. The van der Waals surface area contributed by atoms with E-state index in [1.165, 1.54) is 17.8 Å². The van der Waals surface area contributed by atoms with Crippen LogP contribution in [0, 0.1) is 5.82 Å². The maximum absolute atomic E-state index is 15.0. The van der Waals surface area contributed by atoms with Gasteiger partial charge in [-0.2, -0.15) is 0 Å². The Morgan fingerprint density at radius 1 is 1.15 bits per heavy atom. The molecule has 5 heterocycles. The van der Waals surface area contributed by atoms with Gasteiger partial charge in [0.25, 0.3) is 0 Å². The summed E-state index contributed by atoms with van der Waals surface area (Å²) in [5.74, 6) is 0.520. The van der Waals surface area contributed by atoms with Gasteiger partial charge in [0.15, 0.2) is 17.9 Å². The Morgan fingerprint density at radius 2 is 2.03 bits per heavy atom. The van der Waals surface area contributed by atoms with E-state index in [1.54, 1.807) is 0 Å². The standard InChI is InChI=1S/C24H25F2N7/c1-24(2)7-5-20-31-22-15(25)9-14(10-18(22)33(20)24)21-16(26)12-28-23(32-21)30-19-4-3-13-11-27-8-6-17(13)29-19/h3-4,9-10,12,23,27,32H,5-8,11H2,1-2H3,(H,29,30). The molecular weight excluding hydrogens is 424 g/mol. The number of benzene rings is 1. The second-order valence-electron chi connectivity index (χ2n) is 9.42. The molecule has 0 bridgehead atoms. The highest BCUT2D eigenvalue weighted by atomic mass is 19.1. The summed E-state index contributed by atoms with van der Waals surface area (Å²) in [5, 5.41) is 9.59. The van der Waals surface area contributed by atoms with Gasteiger partial charge in [0.2, 0.25) is 0 Å². The van der Waals surface area contributed by atoms with Crippen LogP contribution in [-0.4, -0.2) is 33.6 Å². The minimum absolute atomic E-state index is 0.165. The van der Waals surface area contributed by atoms with Crippen molar-refractivity contribution in [1.82, 2.24) is 25.2 Å². The first kappa shape index (κ1) is 20.3. The summed E-state index contributed by atoms with van der Waals surface area (Å²) in [4.78, 5) is 13.4. The van der Waals surface area contributed by atoms with Crippen LogP contribution in [-0.2, 0) is 24.9 Å². The average Bonchev–Trinajstić information content (AvgIpc) is 3.33. The van der Waals surface area contributed by atoms with E-state index in [1.807, 2.05) is 18.2 Å². The van der Waals surface area contributed by atoms with Gasteiger partial charge < -0.3 is 20.5 Å². The van der Waals surface area contributed by atoms with Gasteiger partial charge in [-0.3, -0.25) is 0 Å². The number of pyridine rings is 1. The molecule has 9 heteroatoms. The van der Waals surface area contributed by atoms with Gasteiger partial charge in [-0.25, -0.2) is 23.7 Å². The number of aromatic nitrogens is 3. The third kappa shape index (κ3) is 3.38. The minimum Gasteiger partial charge on any atom is -0.344 e. The van der Waals surface area contributed by atoms with E-state index >= 15 is 4.39 Å². The molecule has 0 saturated carbocycles. The molecule has 0 aliphatic carbocycles. The normalized spacial score (nSPS) is 21.2. The van der Waals surface area contributed by atoms with Gasteiger partial charge >= 0.3 is 0 Å². The molecule has 1 aromatic carbocycles. The summed E-state index contributed by atoms with van der Waals surface area (Å²) < 4.78 is 31.9. The molecular formula is C24H25F2N7. The fourth-order valence-corrected chi connectivity index (χ4v) is 5.00. The first-order valence-corrected chi connectivity index (χ1v) is 11.3. The predicted octanol–water partition coefficient (Wildman–Crippen LogP) is 3.61. The molecule has 7 nitrogen and oxygen atoms in total. The Balaban J connectivity index is 1.32. The molecule has 2 aromatic heterocycles. The molecule has 6 rings (SSSR count). The second kappa shape index (κ2) is 7.34. The number of allylic oxidation sites excluding steroid dienone is 1. The van der Waals surface area contributed by atoms with E-state index in [-0.39, 0.29) is 11.2 Å². The molecule has 1 atom stereocenters. The number of hydrogen-bond donors (Lipinski definition) is 3.